The molecule has 0 aromatic rings. The van der Waals surface area contributed by atoms with E-state index >= 15 is 0 Å². The van der Waals surface area contributed by atoms with E-state index in [0.717, 1.165) is 6.54 Å². The number of hydrogen-bond acceptors (Lipinski definition) is 1. The van der Waals surface area contributed by atoms with Gasteiger partial charge in [0.05, 0.1) is 0 Å². The van der Waals surface area contributed by atoms with Crippen molar-refractivity contribution in [3.8, 4) is 0 Å². The van der Waals surface area contributed by atoms with Gasteiger partial charge in [0, 0.05) is 13.1 Å². The summed E-state index contributed by atoms with van der Waals surface area (Å²) in [7, 11) is 0. The third-order valence-electron chi connectivity index (χ3n) is 2.12. The fraction of sp³-hybridized carbons (Fsp3) is 0.875. The Morgan fingerprint density at radius 2 is 2.09 bits per heavy atom. The van der Waals surface area contributed by atoms with Crippen LogP contribution in [0, 0.1) is 5.41 Å². The van der Waals surface area contributed by atoms with Crippen molar-refractivity contribution in [2.45, 2.75) is 26.7 Å². The maximum absolute atomic E-state index is 10.9. The Balaban J connectivity index is 2.06. The zero-order chi connectivity index (χ0) is 8.32. The van der Waals surface area contributed by atoms with Crippen LogP contribution in [0.1, 0.15) is 26.7 Å². The van der Waals surface area contributed by atoms with Gasteiger partial charge in [-0.3, -0.25) is 0 Å². The molecule has 64 valence electrons. The molecule has 0 heterocycles. The smallest absolute Gasteiger partial charge is 0.314 e. The molecule has 0 spiro atoms. The molecule has 1 saturated carbocycles. The summed E-state index contributed by atoms with van der Waals surface area (Å²) in [5, 5.41) is 5.53. The number of carbonyl (C=O) groups excluding carboxylic acids is 1. The summed E-state index contributed by atoms with van der Waals surface area (Å²) in [6.07, 6.45) is 2.50. The molecule has 0 aromatic heterocycles. The monoisotopic (exact) mass is 156 g/mol. The molecule has 0 unspecified atom stereocenters. The van der Waals surface area contributed by atoms with Crippen LogP contribution >= 0.6 is 0 Å². The van der Waals surface area contributed by atoms with Crippen LogP contribution in [0.3, 0.4) is 0 Å². The molecule has 1 aliphatic carbocycles. The lowest BCUT2D eigenvalue weighted by Crippen LogP contribution is -2.38. The van der Waals surface area contributed by atoms with Gasteiger partial charge in [-0.05, 0) is 25.2 Å². The standard InChI is InChI=1S/C8H16N2O/c1-3-9-7(11)10-6-8(2)4-5-8/h3-6H2,1-2H3,(H2,9,10,11). The Morgan fingerprint density at radius 3 is 2.55 bits per heavy atom. The Hall–Kier alpha value is -0.730. The van der Waals surface area contributed by atoms with E-state index in [4.69, 9.17) is 0 Å². The number of carbonyl (C=O) groups is 1. The van der Waals surface area contributed by atoms with Gasteiger partial charge >= 0.3 is 6.03 Å². The van der Waals surface area contributed by atoms with E-state index < -0.39 is 0 Å². The van der Waals surface area contributed by atoms with Crippen molar-refractivity contribution in [2.24, 2.45) is 5.41 Å². The van der Waals surface area contributed by atoms with Gasteiger partial charge in [-0.25, -0.2) is 4.79 Å². The Morgan fingerprint density at radius 1 is 1.45 bits per heavy atom. The Kier molecular flexibility index (Phi) is 2.37. The van der Waals surface area contributed by atoms with Crippen molar-refractivity contribution < 1.29 is 4.79 Å². The van der Waals surface area contributed by atoms with Gasteiger partial charge in [-0.1, -0.05) is 6.92 Å². The number of urea groups is 1. The minimum Gasteiger partial charge on any atom is -0.338 e. The molecule has 1 rings (SSSR count). The average molecular weight is 156 g/mol. The van der Waals surface area contributed by atoms with E-state index in [0.29, 0.717) is 12.0 Å². The summed E-state index contributed by atoms with van der Waals surface area (Å²) in [4.78, 5) is 10.9. The van der Waals surface area contributed by atoms with Crippen LogP contribution < -0.4 is 10.6 Å². The molecular formula is C8H16N2O. The zero-order valence-corrected chi connectivity index (χ0v) is 7.24. The number of nitrogens with one attached hydrogen (secondary N) is 2. The lowest BCUT2D eigenvalue weighted by molar-refractivity contribution is 0.239. The van der Waals surface area contributed by atoms with Crippen LogP contribution in [0.25, 0.3) is 0 Å². The highest BCUT2D eigenvalue weighted by Gasteiger charge is 2.37. The van der Waals surface area contributed by atoms with Crippen LogP contribution in [0.2, 0.25) is 0 Å². The molecule has 3 nitrogen and oxygen atoms in total. The third kappa shape index (κ3) is 2.78. The van der Waals surface area contributed by atoms with Gasteiger partial charge in [0.15, 0.2) is 0 Å². The van der Waals surface area contributed by atoms with Crippen molar-refractivity contribution in [1.82, 2.24) is 10.6 Å². The predicted octanol–water partition coefficient (Wildman–Crippen LogP) is 1.11. The minimum atomic E-state index is -0.0411. The zero-order valence-electron chi connectivity index (χ0n) is 7.24. The van der Waals surface area contributed by atoms with Crippen molar-refractivity contribution in [3.63, 3.8) is 0 Å². The largest absolute Gasteiger partial charge is 0.338 e. The van der Waals surface area contributed by atoms with Gasteiger partial charge in [0.2, 0.25) is 0 Å². The lowest BCUT2D eigenvalue weighted by Gasteiger charge is -2.09. The summed E-state index contributed by atoms with van der Waals surface area (Å²) in [6.45, 7) is 5.62. The van der Waals surface area contributed by atoms with Crippen molar-refractivity contribution in [1.29, 1.82) is 0 Å². The molecule has 0 radical (unpaired) electrons. The normalized spacial score (nSPS) is 19.1. The van der Waals surface area contributed by atoms with Crippen LogP contribution in [0.5, 0.6) is 0 Å². The van der Waals surface area contributed by atoms with E-state index in [1.165, 1.54) is 12.8 Å². The van der Waals surface area contributed by atoms with Gasteiger partial charge in [-0.15, -0.1) is 0 Å². The van der Waals surface area contributed by atoms with Crippen molar-refractivity contribution >= 4 is 6.03 Å². The number of rotatable bonds is 3. The van der Waals surface area contributed by atoms with Gasteiger partial charge in [0.1, 0.15) is 0 Å². The van der Waals surface area contributed by atoms with Crippen molar-refractivity contribution in [3.05, 3.63) is 0 Å². The quantitative estimate of drug-likeness (QED) is 0.631. The fourth-order valence-corrected chi connectivity index (χ4v) is 0.907. The topological polar surface area (TPSA) is 41.1 Å². The molecule has 1 aliphatic rings. The number of hydrogen-bond donors (Lipinski definition) is 2. The second-order valence-corrected chi connectivity index (χ2v) is 3.52. The maximum Gasteiger partial charge on any atom is 0.314 e. The summed E-state index contributed by atoms with van der Waals surface area (Å²) in [5.41, 5.74) is 0.408. The summed E-state index contributed by atoms with van der Waals surface area (Å²) in [5.74, 6) is 0. The predicted molar refractivity (Wildman–Crippen MR) is 44.4 cm³/mol. The molecule has 2 N–H and O–H groups in total. The molecule has 11 heavy (non-hydrogen) atoms. The lowest BCUT2D eigenvalue weighted by atomic mass is 10.1. The van der Waals surface area contributed by atoms with Crippen LogP contribution in [0.4, 0.5) is 4.79 Å². The van der Waals surface area contributed by atoms with E-state index in [1.54, 1.807) is 0 Å². The first-order chi connectivity index (χ1) is 5.16. The molecule has 1 fully saturated rings. The van der Waals surface area contributed by atoms with Gasteiger partial charge in [-0.2, -0.15) is 0 Å². The first-order valence-electron chi connectivity index (χ1n) is 4.18. The summed E-state index contributed by atoms with van der Waals surface area (Å²) < 4.78 is 0. The second kappa shape index (κ2) is 3.11. The molecule has 3 heteroatoms. The Labute approximate surface area is 67.5 Å². The van der Waals surface area contributed by atoms with Gasteiger partial charge < -0.3 is 10.6 Å². The highest BCUT2D eigenvalue weighted by Crippen LogP contribution is 2.43. The summed E-state index contributed by atoms with van der Waals surface area (Å²) >= 11 is 0. The molecular weight excluding hydrogens is 140 g/mol. The first-order valence-corrected chi connectivity index (χ1v) is 4.18. The van der Waals surface area contributed by atoms with E-state index in [2.05, 4.69) is 17.6 Å². The molecule has 0 bridgehead atoms. The fourth-order valence-electron chi connectivity index (χ4n) is 0.907. The highest BCUT2D eigenvalue weighted by molar-refractivity contribution is 5.73. The third-order valence-corrected chi connectivity index (χ3v) is 2.12. The van der Waals surface area contributed by atoms with Crippen LogP contribution in [-0.2, 0) is 0 Å². The molecule has 0 saturated heterocycles. The highest BCUT2D eigenvalue weighted by atomic mass is 16.2. The second-order valence-electron chi connectivity index (χ2n) is 3.52. The van der Waals surface area contributed by atoms with Crippen LogP contribution in [0.15, 0.2) is 0 Å². The van der Waals surface area contributed by atoms with Gasteiger partial charge in [0.25, 0.3) is 0 Å². The molecule has 0 aromatic carbocycles. The Bertz CT molecular complexity index is 152. The molecule has 0 atom stereocenters. The maximum atomic E-state index is 10.9. The first kappa shape index (κ1) is 8.37. The van der Waals surface area contributed by atoms with E-state index in [1.807, 2.05) is 6.92 Å². The molecule has 0 aliphatic heterocycles. The average Bonchev–Trinajstić information content (AvgIpc) is 2.66. The summed E-state index contributed by atoms with van der Waals surface area (Å²) in [6, 6.07) is -0.0411. The minimum absolute atomic E-state index is 0.0411. The SMILES string of the molecule is CCNC(=O)NCC1(C)CC1. The van der Waals surface area contributed by atoms with E-state index in [-0.39, 0.29) is 6.03 Å². The van der Waals surface area contributed by atoms with Crippen LogP contribution in [-0.4, -0.2) is 19.1 Å². The molecule has 2 amide bonds. The van der Waals surface area contributed by atoms with E-state index in [9.17, 15) is 4.79 Å². The van der Waals surface area contributed by atoms with Crippen molar-refractivity contribution in [2.75, 3.05) is 13.1 Å². The number of amides is 2.